The van der Waals surface area contributed by atoms with Gasteiger partial charge in [-0.1, -0.05) is 80.9 Å². The van der Waals surface area contributed by atoms with E-state index >= 15 is 0 Å². The van der Waals surface area contributed by atoms with E-state index in [-0.39, 0.29) is 22.1 Å². The molecule has 0 saturated heterocycles. The molecule has 0 saturated carbocycles. The number of carboxylic acids is 1. The Hall–Kier alpha value is -3.38. The lowest BCUT2D eigenvalue weighted by Crippen LogP contribution is -2.17. The number of alkyl halides is 3. The van der Waals surface area contributed by atoms with E-state index in [1.54, 1.807) is 24.3 Å². The summed E-state index contributed by atoms with van der Waals surface area (Å²) in [6.45, 7) is 8.20. The minimum atomic E-state index is -4.73. The molecule has 0 fully saturated rings. The Kier molecular flexibility index (Phi) is 10.1. The van der Waals surface area contributed by atoms with E-state index in [1.165, 1.54) is 12.1 Å². The second kappa shape index (κ2) is 13.1. The van der Waals surface area contributed by atoms with Crippen molar-refractivity contribution in [2.24, 2.45) is 11.8 Å². The van der Waals surface area contributed by atoms with Gasteiger partial charge in [0.1, 0.15) is 0 Å². The van der Waals surface area contributed by atoms with E-state index in [2.05, 4.69) is 20.4 Å². The summed E-state index contributed by atoms with van der Waals surface area (Å²) in [4.78, 5) is 24.4. The molecule has 0 amide bonds. The van der Waals surface area contributed by atoms with E-state index < -0.39 is 29.1 Å². The Morgan fingerprint density at radius 1 is 1.00 bits per heavy atom. The number of hydrogen-bond acceptors (Lipinski definition) is 2. The lowest BCUT2D eigenvalue weighted by molar-refractivity contribution is -0.137. The average molecular weight is 557 g/mol. The summed E-state index contributed by atoms with van der Waals surface area (Å²) in [7, 11) is 0. The molecule has 206 valence electrons. The van der Waals surface area contributed by atoms with E-state index in [0.29, 0.717) is 17.9 Å². The Morgan fingerprint density at radius 3 is 2.28 bits per heavy atom. The first-order chi connectivity index (χ1) is 18.4. The van der Waals surface area contributed by atoms with Gasteiger partial charge in [-0.3, -0.25) is 4.79 Å². The quantitative estimate of drug-likeness (QED) is 0.179. The Balaban J connectivity index is 1.81. The van der Waals surface area contributed by atoms with E-state index in [1.807, 2.05) is 24.3 Å². The van der Waals surface area contributed by atoms with Crippen molar-refractivity contribution in [2.75, 3.05) is 0 Å². The fourth-order valence-corrected chi connectivity index (χ4v) is 5.10. The van der Waals surface area contributed by atoms with Gasteiger partial charge in [0.05, 0.1) is 21.7 Å². The van der Waals surface area contributed by atoms with Crippen LogP contribution in [0, 0.1) is 11.8 Å². The lowest BCUT2D eigenvalue weighted by atomic mass is 9.80. The predicted molar refractivity (Wildman–Crippen MR) is 149 cm³/mol. The molecule has 0 aliphatic rings. The van der Waals surface area contributed by atoms with Gasteiger partial charge >= 0.3 is 12.1 Å². The summed E-state index contributed by atoms with van der Waals surface area (Å²) in [6.07, 6.45) is -0.554. The highest BCUT2D eigenvalue weighted by Crippen LogP contribution is 2.38. The van der Waals surface area contributed by atoms with E-state index in [9.17, 15) is 22.8 Å². The van der Waals surface area contributed by atoms with Crippen LogP contribution in [0.5, 0.6) is 0 Å². The minimum absolute atomic E-state index is 0.0226. The first-order valence-electron chi connectivity index (χ1n) is 12.9. The molecule has 1 N–H and O–H groups in total. The predicted octanol–water partition coefficient (Wildman–Crippen LogP) is 9.18. The summed E-state index contributed by atoms with van der Waals surface area (Å²) < 4.78 is 41.0. The normalized spacial score (nSPS) is 13.1. The highest BCUT2D eigenvalue weighted by Gasteiger charge is 2.37. The summed E-state index contributed by atoms with van der Waals surface area (Å²) in [5, 5.41) is 8.83. The zero-order valence-corrected chi connectivity index (χ0v) is 22.8. The standard InChI is InChI=1S/C32H32ClF3O3/c1-4-20(2)24(11-7-9-22-15-17-23(18-16-22)31(38)39)19-25-10-5-6-12-26(25)21(3)30(37)29-27(32(34,35)36)13-8-14-28(29)33/h5-6,8,10,12-18,20,24H,3-4,7,9,11,19H2,1-2H3,(H,38,39). The highest BCUT2D eigenvalue weighted by atomic mass is 35.5. The maximum absolute atomic E-state index is 13.7. The summed E-state index contributed by atoms with van der Waals surface area (Å²) in [5.74, 6) is -1.16. The van der Waals surface area contributed by atoms with Gasteiger partial charge in [-0.15, -0.1) is 0 Å². The smallest absolute Gasteiger partial charge is 0.417 e. The summed E-state index contributed by atoms with van der Waals surface area (Å²) >= 11 is 6.09. The van der Waals surface area contributed by atoms with Gasteiger partial charge in [0.2, 0.25) is 0 Å². The fraction of sp³-hybridized carbons (Fsp3) is 0.312. The maximum Gasteiger partial charge on any atom is 0.417 e. The van der Waals surface area contributed by atoms with Crippen molar-refractivity contribution in [3.8, 4) is 0 Å². The third kappa shape index (κ3) is 7.60. The van der Waals surface area contributed by atoms with Crippen LogP contribution in [-0.2, 0) is 19.0 Å². The molecular weight excluding hydrogens is 525 g/mol. The Morgan fingerprint density at radius 2 is 1.67 bits per heavy atom. The number of hydrogen-bond donors (Lipinski definition) is 1. The number of carbonyl (C=O) groups excluding carboxylic acids is 1. The fourth-order valence-electron chi connectivity index (χ4n) is 4.84. The number of Topliss-reactive ketones (excluding diaryl/α,β-unsaturated/α-hetero) is 1. The lowest BCUT2D eigenvalue weighted by Gasteiger charge is -2.25. The molecule has 3 aromatic rings. The average Bonchev–Trinajstić information content (AvgIpc) is 2.91. The molecule has 0 aliphatic carbocycles. The highest BCUT2D eigenvalue weighted by molar-refractivity contribution is 6.39. The van der Waals surface area contributed by atoms with Crippen molar-refractivity contribution in [1.29, 1.82) is 0 Å². The van der Waals surface area contributed by atoms with Crippen LogP contribution >= 0.6 is 11.6 Å². The SMILES string of the molecule is C=C(C(=O)c1c(Cl)cccc1C(F)(F)F)c1ccccc1CC(CCCc1ccc(C(=O)O)cc1)C(C)CC. The monoisotopic (exact) mass is 556 g/mol. The number of aromatic carboxylic acids is 1. The molecule has 3 nitrogen and oxygen atoms in total. The Bertz CT molecular complexity index is 1330. The first-order valence-corrected chi connectivity index (χ1v) is 13.3. The molecule has 39 heavy (non-hydrogen) atoms. The van der Waals surface area contributed by atoms with Gasteiger partial charge in [-0.25, -0.2) is 4.79 Å². The molecule has 3 rings (SSSR count). The van der Waals surface area contributed by atoms with Crippen molar-refractivity contribution in [2.45, 2.75) is 52.1 Å². The summed E-state index contributed by atoms with van der Waals surface area (Å²) in [5.41, 5.74) is 1.00. The molecule has 0 spiro atoms. The van der Waals surface area contributed by atoms with Gasteiger partial charge in [0, 0.05) is 5.57 Å². The Labute approximate surface area is 232 Å². The number of carboxylic acid groups (broad SMARTS) is 1. The van der Waals surface area contributed by atoms with E-state index in [0.717, 1.165) is 42.9 Å². The molecule has 0 aromatic heterocycles. The van der Waals surface area contributed by atoms with Gasteiger partial charge < -0.3 is 5.11 Å². The third-order valence-electron chi connectivity index (χ3n) is 7.33. The molecule has 3 aromatic carbocycles. The van der Waals surface area contributed by atoms with Crippen LogP contribution in [-0.4, -0.2) is 16.9 Å². The van der Waals surface area contributed by atoms with Crippen LogP contribution < -0.4 is 0 Å². The summed E-state index contributed by atoms with van der Waals surface area (Å²) in [6, 6.07) is 17.4. The number of carbonyl (C=O) groups is 2. The van der Waals surface area contributed by atoms with Crippen LogP contribution in [0.25, 0.3) is 5.57 Å². The van der Waals surface area contributed by atoms with Crippen LogP contribution in [0.2, 0.25) is 5.02 Å². The maximum atomic E-state index is 13.7. The number of rotatable bonds is 12. The van der Waals surface area contributed by atoms with Crippen LogP contribution in [0.1, 0.15) is 76.1 Å². The van der Waals surface area contributed by atoms with Gasteiger partial charge in [-0.2, -0.15) is 13.2 Å². The molecule has 2 unspecified atom stereocenters. The molecule has 0 aliphatic heterocycles. The second-order valence-electron chi connectivity index (χ2n) is 9.87. The first kappa shape index (κ1) is 30.2. The van der Waals surface area contributed by atoms with Crippen LogP contribution in [0.4, 0.5) is 13.2 Å². The van der Waals surface area contributed by atoms with Crippen molar-refractivity contribution in [1.82, 2.24) is 0 Å². The van der Waals surface area contributed by atoms with Crippen molar-refractivity contribution in [3.05, 3.63) is 112 Å². The van der Waals surface area contributed by atoms with E-state index in [4.69, 9.17) is 16.7 Å². The minimum Gasteiger partial charge on any atom is -0.478 e. The second-order valence-corrected chi connectivity index (χ2v) is 10.3. The topological polar surface area (TPSA) is 54.4 Å². The van der Waals surface area contributed by atoms with Crippen molar-refractivity contribution in [3.63, 3.8) is 0 Å². The number of ketones is 1. The molecule has 7 heteroatoms. The van der Waals surface area contributed by atoms with Gasteiger partial charge in [0.15, 0.2) is 5.78 Å². The van der Waals surface area contributed by atoms with Crippen molar-refractivity contribution < 1.29 is 27.9 Å². The molecule has 0 bridgehead atoms. The largest absolute Gasteiger partial charge is 0.478 e. The molecular formula is C32H32ClF3O3. The van der Waals surface area contributed by atoms with Crippen molar-refractivity contribution >= 4 is 28.9 Å². The van der Waals surface area contributed by atoms with Crippen LogP contribution in [0.3, 0.4) is 0 Å². The molecule has 0 radical (unpaired) electrons. The van der Waals surface area contributed by atoms with Gasteiger partial charge in [-0.05, 0) is 78.5 Å². The zero-order chi connectivity index (χ0) is 28.7. The zero-order valence-electron chi connectivity index (χ0n) is 22.0. The molecule has 2 atom stereocenters. The number of aryl methyl sites for hydroxylation is 1. The van der Waals surface area contributed by atoms with Gasteiger partial charge in [0.25, 0.3) is 0 Å². The number of halogens is 4. The molecule has 0 heterocycles. The third-order valence-corrected chi connectivity index (χ3v) is 7.65. The number of allylic oxidation sites excluding steroid dienone is 1. The van der Waals surface area contributed by atoms with Crippen LogP contribution in [0.15, 0.2) is 73.3 Å². The number of benzene rings is 3.